The Balaban J connectivity index is 2.02. The van der Waals surface area contributed by atoms with Crippen molar-refractivity contribution in [3.8, 4) is 0 Å². The molecule has 2 aromatic rings. The van der Waals surface area contributed by atoms with Crippen molar-refractivity contribution < 1.29 is 13.9 Å². The van der Waals surface area contributed by atoms with Gasteiger partial charge in [0, 0.05) is 23.2 Å². The molecule has 1 unspecified atom stereocenters. The number of hydrogen-bond donors (Lipinski definition) is 1. The number of nitrogens with one attached hydrogen (secondary N) is 1. The number of benzene rings is 1. The van der Waals surface area contributed by atoms with Crippen molar-refractivity contribution in [1.29, 1.82) is 0 Å². The molecule has 1 atom stereocenters. The number of carbonyl (C=O) groups excluding carboxylic acids is 1. The van der Waals surface area contributed by atoms with Crippen LogP contribution in [0.25, 0.3) is 0 Å². The van der Waals surface area contributed by atoms with E-state index in [-0.39, 0.29) is 11.8 Å². The highest BCUT2D eigenvalue weighted by Crippen LogP contribution is 2.19. The minimum atomic E-state index is -0.470. The van der Waals surface area contributed by atoms with Crippen LogP contribution in [0.2, 0.25) is 5.02 Å². The first-order chi connectivity index (χ1) is 9.61. The summed E-state index contributed by atoms with van der Waals surface area (Å²) in [5.74, 6) is -0.236. The number of ether oxygens (including phenoxy) is 1. The third-order valence-corrected chi connectivity index (χ3v) is 3.30. The van der Waals surface area contributed by atoms with Gasteiger partial charge in [0.2, 0.25) is 5.76 Å². The molecule has 1 N–H and O–H groups in total. The number of hydrogen-bond acceptors (Lipinski definition) is 4. The Kier molecular flexibility index (Phi) is 4.82. The van der Waals surface area contributed by atoms with Crippen molar-refractivity contribution in [2.45, 2.75) is 19.5 Å². The highest BCUT2D eigenvalue weighted by Gasteiger charge is 2.16. The fourth-order valence-corrected chi connectivity index (χ4v) is 2.10. The first-order valence-electron chi connectivity index (χ1n) is 6.25. The summed E-state index contributed by atoms with van der Waals surface area (Å²) < 4.78 is 9.80. The topological polar surface area (TPSA) is 51.5 Å². The predicted octanol–water partition coefficient (Wildman–Crippen LogP) is 3.57. The lowest BCUT2D eigenvalue weighted by Crippen LogP contribution is -2.19. The van der Waals surface area contributed by atoms with Gasteiger partial charge in [-0.25, -0.2) is 4.79 Å². The monoisotopic (exact) mass is 293 g/mol. The van der Waals surface area contributed by atoms with Crippen LogP contribution in [0.5, 0.6) is 0 Å². The van der Waals surface area contributed by atoms with E-state index in [9.17, 15) is 4.79 Å². The highest BCUT2D eigenvalue weighted by molar-refractivity contribution is 6.30. The number of esters is 1. The van der Waals surface area contributed by atoms with Gasteiger partial charge >= 0.3 is 5.97 Å². The predicted molar refractivity (Wildman–Crippen MR) is 76.8 cm³/mol. The molecule has 1 aromatic heterocycles. The van der Waals surface area contributed by atoms with Crippen LogP contribution in [0, 0.1) is 0 Å². The van der Waals surface area contributed by atoms with E-state index in [1.807, 2.05) is 31.2 Å². The third kappa shape index (κ3) is 3.40. The zero-order chi connectivity index (χ0) is 14.5. The van der Waals surface area contributed by atoms with Gasteiger partial charge in [-0.2, -0.15) is 0 Å². The van der Waals surface area contributed by atoms with Gasteiger partial charge in [-0.05, 0) is 30.7 Å². The van der Waals surface area contributed by atoms with Crippen LogP contribution < -0.4 is 5.32 Å². The molecule has 0 amide bonds. The quantitative estimate of drug-likeness (QED) is 0.856. The molecule has 1 aromatic carbocycles. The molecule has 0 aliphatic heterocycles. The average molecular weight is 294 g/mol. The van der Waals surface area contributed by atoms with E-state index in [4.69, 9.17) is 16.0 Å². The largest absolute Gasteiger partial charge is 0.463 e. The Morgan fingerprint density at radius 3 is 2.95 bits per heavy atom. The van der Waals surface area contributed by atoms with Crippen LogP contribution in [-0.4, -0.2) is 13.1 Å². The van der Waals surface area contributed by atoms with Crippen LogP contribution in [0.4, 0.5) is 0 Å². The van der Waals surface area contributed by atoms with E-state index in [1.165, 1.54) is 13.4 Å². The van der Waals surface area contributed by atoms with Crippen molar-refractivity contribution in [1.82, 2.24) is 5.32 Å². The van der Waals surface area contributed by atoms with E-state index in [0.29, 0.717) is 11.6 Å². The minimum absolute atomic E-state index is 0.106. The lowest BCUT2D eigenvalue weighted by atomic mass is 10.1. The van der Waals surface area contributed by atoms with Crippen LogP contribution in [0.15, 0.2) is 41.0 Å². The number of rotatable bonds is 5. The summed E-state index contributed by atoms with van der Waals surface area (Å²) in [6, 6.07) is 9.52. The first-order valence-corrected chi connectivity index (χ1v) is 6.63. The van der Waals surface area contributed by atoms with Crippen LogP contribution in [0.3, 0.4) is 0 Å². The van der Waals surface area contributed by atoms with Gasteiger partial charge in [-0.1, -0.05) is 23.7 Å². The summed E-state index contributed by atoms with van der Waals surface area (Å²) in [6.45, 7) is 2.54. The number of carbonyl (C=O) groups is 1. The van der Waals surface area contributed by atoms with Gasteiger partial charge in [-0.15, -0.1) is 0 Å². The van der Waals surface area contributed by atoms with Crippen LogP contribution in [0.1, 0.15) is 34.6 Å². The highest BCUT2D eigenvalue weighted by atomic mass is 35.5. The normalized spacial score (nSPS) is 12.2. The van der Waals surface area contributed by atoms with Gasteiger partial charge in [0.1, 0.15) is 0 Å². The van der Waals surface area contributed by atoms with Gasteiger partial charge in [0.05, 0.1) is 13.4 Å². The molecular formula is C15H16ClNO3. The van der Waals surface area contributed by atoms with Gasteiger partial charge in [0.15, 0.2) is 0 Å². The molecule has 0 radical (unpaired) electrons. The molecule has 1 heterocycles. The molecule has 0 fully saturated rings. The SMILES string of the molecule is COC(=O)c1occc1CNC(C)c1cccc(Cl)c1. The number of halogens is 1. The third-order valence-electron chi connectivity index (χ3n) is 3.06. The van der Waals surface area contributed by atoms with Crippen molar-refractivity contribution in [2.75, 3.05) is 7.11 Å². The molecule has 20 heavy (non-hydrogen) atoms. The zero-order valence-electron chi connectivity index (χ0n) is 11.4. The second-order valence-corrected chi connectivity index (χ2v) is 4.86. The molecule has 106 valence electrons. The summed E-state index contributed by atoms with van der Waals surface area (Å²) in [4.78, 5) is 11.5. The van der Waals surface area contributed by atoms with E-state index in [2.05, 4.69) is 10.1 Å². The van der Waals surface area contributed by atoms with Gasteiger partial charge < -0.3 is 14.5 Å². The Morgan fingerprint density at radius 2 is 2.25 bits per heavy atom. The number of methoxy groups -OCH3 is 1. The Labute approximate surface area is 122 Å². The molecule has 2 rings (SSSR count). The lowest BCUT2D eigenvalue weighted by molar-refractivity contribution is 0.0563. The molecule has 0 bridgehead atoms. The Bertz CT molecular complexity index is 594. The van der Waals surface area contributed by atoms with Crippen LogP contribution >= 0.6 is 11.6 Å². The van der Waals surface area contributed by atoms with E-state index in [0.717, 1.165) is 11.1 Å². The molecule has 0 saturated carbocycles. The first kappa shape index (κ1) is 14.6. The van der Waals surface area contributed by atoms with E-state index in [1.54, 1.807) is 6.07 Å². The standard InChI is InChI=1S/C15H16ClNO3/c1-10(11-4-3-5-13(16)8-11)17-9-12-6-7-20-14(12)15(18)19-2/h3-8,10,17H,9H2,1-2H3. The molecule has 0 aliphatic rings. The molecule has 4 nitrogen and oxygen atoms in total. The Morgan fingerprint density at radius 1 is 1.45 bits per heavy atom. The van der Waals surface area contributed by atoms with E-state index >= 15 is 0 Å². The molecule has 0 spiro atoms. The second kappa shape index (κ2) is 6.59. The smallest absolute Gasteiger partial charge is 0.374 e. The summed E-state index contributed by atoms with van der Waals surface area (Å²) >= 11 is 5.97. The van der Waals surface area contributed by atoms with Crippen molar-refractivity contribution in [3.05, 3.63) is 58.5 Å². The fraction of sp³-hybridized carbons (Fsp3) is 0.267. The van der Waals surface area contributed by atoms with Crippen molar-refractivity contribution in [3.63, 3.8) is 0 Å². The maximum Gasteiger partial charge on any atom is 0.374 e. The summed E-state index contributed by atoms with van der Waals surface area (Å²) in [5.41, 5.74) is 1.85. The zero-order valence-corrected chi connectivity index (χ0v) is 12.1. The molecule has 0 saturated heterocycles. The fourth-order valence-electron chi connectivity index (χ4n) is 1.90. The van der Waals surface area contributed by atoms with Gasteiger partial charge in [0.25, 0.3) is 0 Å². The van der Waals surface area contributed by atoms with Crippen molar-refractivity contribution >= 4 is 17.6 Å². The van der Waals surface area contributed by atoms with E-state index < -0.39 is 5.97 Å². The summed E-state index contributed by atoms with van der Waals surface area (Å²) in [6.07, 6.45) is 1.48. The second-order valence-electron chi connectivity index (χ2n) is 4.42. The minimum Gasteiger partial charge on any atom is -0.463 e. The molecule has 5 heteroatoms. The number of furan rings is 1. The Hall–Kier alpha value is -1.78. The van der Waals surface area contributed by atoms with Crippen molar-refractivity contribution in [2.24, 2.45) is 0 Å². The molecular weight excluding hydrogens is 278 g/mol. The average Bonchev–Trinajstić information content (AvgIpc) is 2.92. The van der Waals surface area contributed by atoms with Crippen LogP contribution in [-0.2, 0) is 11.3 Å². The lowest BCUT2D eigenvalue weighted by Gasteiger charge is -2.14. The maximum atomic E-state index is 11.5. The summed E-state index contributed by atoms with van der Waals surface area (Å²) in [7, 11) is 1.33. The maximum absolute atomic E-state index is 11.5. The molecule has 0 aliphatic carbocycles. The summed E-state index contributed by atoms with van der Waals surface area (Å²) in [5, 5.41) is 4.02. The van der Waals surface area contributed by atoms with Gasteiger partial charge in [-0.3, -0.25) is 0 Å².